The average Bonchev–Trinajstić information content (AvgIpc) is 2.50. The SMILES string of the molecule is CCCN(CCC#N)S(=O)(=O)c1cccc2ccccc12. The van der Waals surface area contributed by atoms with Crippen LogP contribution in [0.5, 0.6) is 0 Å². The van der Waals surface area contributed by atoms with E-state index < -0.39 is 10.0 Å². The molecule has 0 aliphatic rings. The second-order valence-corrected chi connectivity index (χ2v) is 6.70. The van der Waals surface area contributed by atoms with Crippen molar-refractivity contribution >= 4 is 20.8 Å². The summed E-state index contributed by atoms with van der Waals surface area (Å²) in [5, 5.41) is 10.3. The zero-order valence-electron chi connectivity index (χ0n) is 12.0. The number of sulfonamides is 1. The Labute approximate surface area is 125 Å². The van der Waals surface area contributed by atoms with Gasteiger partial charge in [0.05, 0.1) is 11.0 Å². The summed E-state index contributed by atoms with van der Waals surface area (Å²) in [4.78, 5) is 0.312. The molecule has 2 aromatic rings. The van der Waals surface area contributed by atoms with Gasteiger partial charge >= 0.3 is 0 Å². The standard InChI is InChI=1S/C16H18N2O2S/c1-2-12-18(13-6-11-17)21(19,20)16-10-5-8-14-7-3-4-9-15(14)16/h3-5,7-10H,2,6,12-13H2,1H3. The molecule has 2 rings (SSSR count). The molecule has 5 heteroatoms. The Bertz CT molecular complexity index is 758. The molecule has 21 heavy (non-hydrogen) atoms. The number of hydrogen-bond donors (Lipinski definition) is 0. The molecule has 0 amide bonds. The minimum absolute atomic E-state index is 0.198. The normalized spacial score (nSPS) is 11.7. The van der Waals surface area contributed by atoms with Crippen molar-refractivity contribution in [2.45, 2.75) is 24.7 Å². The van der Waals surface area contributed by atoms with E-state index >= 15 is 0 Å². The molecule has 0 radical (unpaired) electrons. The lowest BCUT2D eigenvalue weighted by molar-refractivity contribution is 0.418. The molecule has 0 saturated heterocycles. The highest BCUT2D eigenvalue weighted by atomic mass is 32.2. The maximum atomic E-state index is 12.9. The molecule has 0 unspecified atom stereocenters. The van der Waals surface area contributed by atoms with E-state index in [1.54, 1.807) is 12.1 Å². The molecular weight excluding hydrogens is 284 g/mol. The van der Waals surface area contributed by atoms with Crippen molar-refractivity contribution in [1.82, 2.24) is 4.31 Å². The third kappa shape index (κ3) is 3.23. The summed E-state index contributed by atoms with van der Waals surface area (Å²) in [5.74, 6) is 0. The molecule has 2 aromatic carbocycles. The van der Waals surface area contributed by atoms with Gasteiger partial charge in [-0.1, -0.05) is 43.3 Å². The Morgan fingerprint density at radius 1 is 1.10 bits per heavy atom. The van der Waals surface area contributed by atoms with Crippen LogP contribution in [0.15, 0.2) is 47.4 Å². The Morgan fingerprint density at radius 3 is 2.52 bits per heavy atom. The summed E-state index contributed by atoms with van der Waals surface area (Å²) in [5.41, 5.74) is 0. The van der Waals surface area contributed by atoms with Crippen LogP contribution in [0.1, 0.15) is 19.8 Å². The summed E-state index contributed by atoms with van der Waals surface area (Å²) in [6, 6.07) is 14.7. The number of fused-ring (bicyclic) bond motifs is 1. The van der Waals surface area contributed by atoms with E-state index in [0.717, 1.165) is 17.2 Å². The van der Waals surface area contributed by atoms with Crippen LogP contribution >= 0.6 is 0 Å². The van der Waals surface area contributed by atoms with Gasteiger partial charge in [0.15, 0.2) is 0 Å². The first kappa shape index (κ1) is 15.5. The first-order chi connectivity index (χ1) is 10.1. The smallest absolute Gasteiger partial charge is 0.207 e. The number of nitriles is 1. The fourth-order valence-electron chi connectivity index (χ4n) is 2.34. The highest BCUT2D eigenvalue weighted by Gasteiger charge is 2.25. The van der Waals surface area contributed by atoms with Crippen molar-refractivity contribution < 1.29 is 8.42 Å². The molecule has 0 aromatic heterocycles. The highest BCUT2D eigenvalue weighted by molar-refractivity contribution is 7.89. The molecule has 0 saturated carbocycles. The van der Waals surface area contributed by atoms with E-state index in [1.165, 1.54) is 4.31 Å². The van der Waals surface area contributed by atoms with Gasteiger partial charge in [-0.25, -0.2) is 8.42 Å². The van der Waals surface area contributed by atoms with E-state index in [9.17, 15) is 8.42 Å². The van der Waals surface area contributed by atoms with E-state index in [2.05, 4.69) is 0 Å². The molecule has 0 aliphatic heterocycles. The minimum Gasteiger partial charge on any atom is -0.207 e. The minimum atomic E-state index is -3.58. The third-order valence-corrected chi connectivity index (χ3v) is 5.27. The molecule has 0 spiro atoms. The van der Waals surface area contributed by atoms with E-state index in [4.69, 9.17) is 5.26 Å². The maximum Gasteiger partial charge on any atom is 0.243 e. The lowest BCUT2D eigenvalue weighted by atomic mass is 10.1. The number of benzene rings is 2. The van der Waals surface area contributed by atoms with E-state index in [0.29, 0.717) is 11.4 Å². The number of hydrogen-bond acceptors (Lipinski definition) is 3. The number of nitrogens with zero attached hydrogens (tertiary/aromatic N) is 2. The maximum absolute atomic E-state index is 12.9. The average molecular weight is 302 g/mol. The van der Waals surface area contributed by atoms with Gasteiger partial charge in [0, 0.05) is 24.9 Å². The molecule has 4 nitrogen and oxygen atoms in total. The predicted octanol–water partition coefficient (Wildman–Crippen LogP) is 3.15. The van der Waals surface area contributed by atoms with Crippen molar-refractivity contribution in [2.75, 3.05) is 13.1 Å². The van der Waals surface area contributed by atoms with E-state index in [-0.39, 0.29) is 13.0 Å². The molecule has 0 bridgehead atoms. The van der Waals surface area contributed by atoms with Gasteiger partial charge in [-0.05, 0) is 17.9 Å². The van der Waals surface area contributed by atoms with Crippen LogP contribution in [0, 0.1) is 11.3 Å². The zero-order valence-corrected chi connectivity index (χ0v) is 12.8. The monoisotopic (exact) mass is 302 g/mol. The summed E-state index contributed by atoms with van der Waals surface area (Å²) in [7, 11) is -3.58. The van der Waals surface area contributed by atoms with Gasteiger partial charge in [-0.3, -0.25) is 0 Å². The largest absolute Gasteiger partial charge is 0.243 e. The Balaban J connectivity index is 2.52. The summed E-state index contributed by atoms with van der Waals surface area (Å²) < 4.78 is 27.1. The molecule has 0 atom stereocenters. The van der Waals surface area contributed by atoms with Gasteiger partial charge in [-0.2, -0.15) is 9.57 Å². The van der Waals surface area contributed by atoms with E-state index in [1.807, 2.05) is 43.3 Å². The Hall–Kier alpha value is -1.90. The fourth-order valence-corrected chi connectivity index (χ4v) is 4.08. The molecule has 0 aliphatic carbocycles. The van der Waals surface area contributed by atoms with Crippen LogP contribution in [0.3, 0.4) is 0 Å². The topological polar surface area (TPSA) is 61.2 Å². The lowest BCUT2D eigenvalue weighted by Gasteiger charge is -2.21. The van der Waals surface area contributed by atoms with Crippen LogP contribution in [-0.4, -0.2) is 25.8 Å². The van der Waals surface area contributed by atoms with Gasteiger partial charge in [0.25, 0.3) is 0 Å². The van der Waals surface area contributed by atoms with Gasteiger partial charge < -0.3 is 0 Å². The number of rotatable bonds is 6. The van der Waals surface area contributed by atoms with Crippen molar-refractivity contribution in [2.24, 2.45) is 0 Å². The third-order valence-electron chi connectivity index (χ3n) is 3.31. The highest BCUT2D eigenvalue weighted by Crippen LogP contribution is 2.25. The van der Waals surface area contributed by atoms with Crippen molar-refractivity contribution in [3.63, 3.8) is 0 Å². The summed E-state index contributed by atoms with van der Waals surface area (Å²) >= 11 is 0. The van der Waals surface area contributed by atoms with Crippen LogP contribution in [0.2, 0.25) is 0 Å². The summed E-state index contributed by atoms with van der Waals surface area (Å²) in [6.45, 7) is 2.58. The van der Waals surface area contributed by atoms with Crippen LogP contribution in [0.4, 0.5) is 0 Å². The quantitative estimate of drug-likeness (QED) is 0.823. The first-order valence-electron chi connectivity index (χ1n) is 6.96. The van der Waals surface area contributed by atoms with Gasteiger partial charge in [-0.15, -0.1) is 0 Å². The molecular formula is C16H18N2O2S. The van der Waals surface area contributed by atoms with Gasteiger partial charge in [0.2, 0.25) is 10.0 Å². The van der Waals surface area contributed by atoms with Crippen LogP contribution in [0.25, 0.3) is 10.8 Å². The molecule has 0 N–H and O–H groups in total. The van der Waals surface area contributed by atoms with Crippen molar-refractivity contribution in [1.29, 1.82) is 5.26 Å². The second kappa shape index (κ2) is 6.70. The first-order valence-corrected chi connectivity index (χ1v) is 8.40. The Kier molecular flexibility index (Phi) is 4.94. The molecule has 110 valence electrons. The molecule has 0 fully saturated rings. The lowest BCUT2D eigenvalue weighted by Crippen LogP contribution is -2.32. The fraction of sp³-hybridized carbons (Fsp3) is 0.312. The predicted molar refractivity (Wildman–Crippen MR) is 83.2 cm³/mol. The van der Waals surface area contributed by atoms with Crippen LogP contribution in [-0.2, 0) is 10.0 Å². The summed E-state index contributed by atoms with van der Waals surface area (Å²) in [6.07, 6.45) is 0.916. The zero-order chi connectivity index (χ0) is 15.3. The molecule has 0 heterocycles. The van der Waals surface area contributed by atoms with Crippen LogP contribution < -0.4 is 0 Å². The Morgan fingerprint density at radius 2 is 1.81 bits per heavy atom. The van der Waals surface area contributed by atoms with Gasteiger partial charge in [0.1, 0.15) is 0 Å². The second-order valence-electron chi connectivity index (χ2n) is 4.79. The van der Waals surface area contributed by atoms with Crippen molar-refractivity contribution in [3.8, 4) is 6.07 Å². The van der Waals surface area contributed by atoms with Crippen molar-refractivity contribution in [3.05, 3.63) is 42.5 Å².